The van der Waals surface area contributed by atoms with Crippen LogP contribution >= 0.6 is 0 Å². The van der Waals surface area contributed by atoms with Gasteiger partial charge in [-0.15, -0.1) is 0 Å². The quantitative estimate of drug-likeness (QED) is 0.478. The largest absolute Gasteiger partial charge is 0.206 e. The highest BCUT2D eigenvalue weighted by atomic mass is 19.1. The van der Waals surface area contributed by atoms with Gasteiger partial charge in [-0.1, -0.05) is 75.4 Å². The maximum absolute atomic E-state index is 14.0. The summed E-state index contributed by atoms with van der Waals surface area (Å²) in [6, 6.07) is 0. The number of allylic oxidation sites excluding steroid dienone is 12. The molecule has 0 atom stereocenters. The van der Waals surface area contributed by atoms with Crippen molar-refractivity contribution in [1.82, 2.24) is 0 Å². The lowest BCUT2D eigenvalue weighted by molar-refractivity contribution is 0.655. The SMILES string of the molecule is C=C/C=C\C(=C)C(=C)/C=C(/F)C(=C)C(=C)/C=C\C(=C)C. The third-order valence-corrected chi connectivity index (χ3v) is 2.39. The van der Waals surface area contributed by atoms with Crippen LogP contribution < -0.4 is 0 Å². The first-order chi connectivity index (χ1) is 9.29. The summed E-state index contributed by atoms with van der Waals surface area (Å²) in [6.45, 7) is 24.1. The van der Waals surface area contributed by atoms with Crippen LogP contribution in [0.25, 0.3) is 0 Å². The van der Waals surface area contributed by atoms with Gasteiger partial charge in [0.2, 0.25) is 0 Å². The van der Waals surface area contributed by atoms with Crippen LogP contribution in [0.1, 0.15) is 6.92 Å². The van der Waals surface area contributed by atoms with E-state index in [9.17, 15) is 4.39 Å². The van der Waals surface area contributed by atoms with Gasteiger partial charge in [-0.25, -0.2) is 4.39 Å². The van der Waals surface area contributed by atoms with E-state index in [1.165, 1.54) is 6.08 Å². The predicted molar refractivity (Wildman–Crippen MR) is 89.0 cm³/mol. The number of hydrogen-bond acceptors (Lipinski definition) is 0. The first-order valence-corrected chi connectivity index (χ1v) is 6.06. The zero-order valence-electron chi connectivity index (χ0n) is 12.1. The Hall–Kier alpha value is -2.41. The van der Waals surface area contributed by atoms with E-state index in [1.54, 1.807) is 30.4 Å². The van der Waals surface area contributed by atoms with Gasteiger partial charge in [-0.3, -0.25) is 0 Å². The van der Waals surface area contributed by atoms with Crippen molar-refractivity contribution in [2.24, 2.45) is 0 Å². The minimum atomic E-state index is -0.487. The van der Waals surface area contributed by atoms with Gasteiger partial charge in [-0.05, 0) is 29.7 Å². The van der Waals surface area contributed by atoms with Crippen LogP contribution in [0.5, 0.6) is 0 Å². The molecule has 0 aromatic rings. The lowest BCUT2D eigenvalue weighted by Crippen LogP contribution is -1.87. The molecule has 0 unspecified atom stereocenters. The number of rotatable bonds is 8. The van der Waals surface area contributed by atoms with Crippen molar-refractivity contribution in [3.8, 4) is 0 Å². The second kappa shape index (κ2) is 8.65. The monoisotopic (exact) mass is 268 g/mol. The molecule has 0 fully saturated rings. The minimum absolute atomic E-state index is 0.212. The molecule has 0 saturated carbocycles. The molecular formula is C19H21F. The molecular weight excluding hydrogens is 247 g/mol. The van der Waals surface area contributed by atoms with E-state index in [-0.39, 0.29) is 5.57 Å². The summed E-state index contributed by atoms with van der Waals surface area (Å²) in [5.74, 6) is -0.487. The van der Waals surface area contributed by atoms with E-state index in [2.05, 4.69) is 39.5 Å². The van der Waals surface area contributed by atoms with Crippen molar-refractivity contribution >= 4 is 0 Å². The zero-order chi connectivity index (χ0) is 15.7. The van der Waals surface area contributed by atoms with Crippen LogP contribution in [0.15, 0.2) is 110 Å². The molecule has 0 rings (SSSR count). The Bertz CT molecular complexity index is 548. The Balaban J connectivity index is 4.93. The molecule has 20 heavy (non-hydrogen) atoms. The van der Waals surface area contributed by atoms with Crippen LogP contribution in [0, 0.1) is 0 Å². The molecule has 104 valence electrons. The fourth-order valence-electron chi connectivity index (χ4n) is 1.12. The Labute approximate surface area is 121 Å². The summed E-state index contributed by atoms with van der Waals surface area (Å²) in [7, 11) is 0. The average molecular weight is 268 g/mol. The van der Waals surface area contributed by atoms with Crippen molar-refractivity contribution in [1.29, 1.82) is 0 Å². The molecule has 0 amide bonds. The van der Waals surface area contributed by atoms with Crippen LogP contribution in [0.2, 0.25) is 0 Å². The summed E-state index contributed by atoms with van der Waals surface area (Å²) in [5.41, 5.74) is 2.64. The summed E-state index contributed by atoms with van der Waals surface area (Å²) < 4.78 is 14.0. The lowest BCUT2D eigenvalue weighted by Gasteiger charge is -2.05. The van der Waals surface area contributed by atoms with Crippen molar-refractivity contribution in [2.45, 2.75) is 6.92 Å². The van der Waals surface area contributed by atoms with Crippen molar-refractivity contribution in [3.63, 3.8) is 0 Å². The van der Waals surface area contributed by atoms with Crippen molar-refractivity contribution in [2.75, 3.05) is 0 Å². The van der Waals surface area contributed by atoms with Gasteiger partial charge in [-0.2, -0.15) is 0 Å². The highest BCUT2D eigenvalue weighted by Gasteiger charge is 2.05. The maximum Gasteiger partial charge on any atom is 0.131 e. The van der Waals surface area contributed by atoms with Crippen molar-refractivity contribution in [3.05, 3.63) is 110 Å². The molecule has 0 aliphatic carbocycles. The standard InChI is InChI=1S/C19H21F/c1-8-9-10-15(4)17(6)13-19(20)18(7)16(5)12-11-14(2)3/h8-13H,1-2,4-7H2,3H3/b10-9-,12-11-,19-13+. The smallest absolute Gasteiger partial charge is 0.131 e. The molecule has 0 saturated heterocycles. The van der Waals surface area contributed by atoms with Crippen LogP contribution in [-0.4, -0.2) is 0 Å². The van der Waals surface area contributed by atoms with Gasteiger partial charge in [0, 0.05) is 5.57 Å². The Kier molecular flexibility index (Phi) is 7.61. The van der Waals surface area contributed by atoms with E-state index in [4.69, 9.17) is 0 Å². The van der Waals surface area contributed by atoms with Gasteiger partial charge in [0.05, 0.1) is 0 Å². The normalized spacial score (nSPS) is 11.6. The summed E-state index contributed by atoms with van der Waals surface area (Å²) in [4.78, 5) is 0. The fourth-order valence-corrected chi connectivity index (χ4v) is 1.12. The average Bonchev–Trinajstić information content (AvgIpc) is 2.40. The van der Waals surface area contributed by atoms with Crippen LogP contribution in [0.4, 0.5) is 4.39 Å². The predicted octanol–water partition coefficient (Wildman–Crippen LogP) is 5.94. The van der Waals surface area contributed by atoms with Crippen molar-refractivity contribution < 1.29 is 4.39 Å². The van der Waals surface area contributed by atoms with Gasteiger partial charge >= 0.3 is 0 Å². The first kappa shape index (κ1) is 17.6. The van der Waals surface area contributed by atoms with E-state index in [0.29, 0.717) is 16.7 Å². The third kappa shape index (κ3) is 6.50. The topological polar surface area (TPSA) is 0 Å². The minimum Gasteiger partial charge on any atom is -0.206 e. The van der Waals surface area contributed by atoms with E-state index in [1.807, 2.05) is 6.92 Å². The summed E-state index contributed by atoms with van der Waals surface area (Å²) in [6.07, 6.45) is 9.74. The molecule has 0 radical (unpaired) electrons. The molecule has 0 spiro atoms. The van der Waals surface area contributed by atoms with Crippen LogP contribution in [-0.2, 0) is 0 Å². The van der Waals surface area contributed by atoms with Gasteiger partial charge < -0.3 is 0 Å². The third-order valence-electron chi connectivity index (χ3n) is 2.39. The Morgan fingerprint density at radius 1 is 0.850 bits per heavy atom. The molecule has 0 aromatic heterocycles. The Morgan fingerprint density at radius 2 is 1.45 bits per heavy atom. The Morgan fingerprint density at radius 3 is 1.95 bits per heavy atom. The van der Waals surface area contributed by atoms with Crippen LogP contribution in [0.3, 0.4) is 0 Å². The van der Waals surface area contributed by atoms with Gasteiger partial charge in [0.1, 0.15) is 5.83 Å². The first-order valence-electron chi connectivity index (χ1n) is 6.06. The fraction of sp³-hybridized carbons (Fsp3) is 0.0526. The van der Waals surface area contributed by atoms with Gasteiger partial charge in [0.15, 0.2) is 0 Å². The molecule has 0 aliphatic rings. The molecule has 0 nitrogen and oxygen atoms in total. The maximum atomic E-state index is 14.0. The second-order valence-corrected chi connectivity index (χ2v) is 4.32. The lowest BCUT2D eigenvalue weighted by atomic mass is 10.0. The second-order valence-electron chi connectivity index (χ2n) is 4.32. The summed E-state index contributed by atoms with van der Waals surface area (Å²) >= 11 is 0. The van der Waals surface area contributed by atoms with E-state index >= 15 is 0 Å². The highest BCUT2D eigenvalue weighted by molar-refractivity contribution is 5.52. The molecule has 1 heteroatoms. The van der Waals surface area contributed by atoms with Gasteiger partial charge in [0.25, 0.3) is 0 Å². The molecule has 0 bridgehead atoms. The molecule has 0 aliphatic heterocycles. The number of halogens is 1. The number of hydrogen-bond donors (Lipinski definition) is 0. The molecule has 0 aromatic carbocycles. The van der Waals surface area contributed by atoms with E-state index in [0.717, 1.165) is 5.57 Å². The molecule has 0 heterocycles. The molecule has 0 N–H and O–H groups in total. The highest BCUT2D eigenvalue weighted by Crippen LogP contribution is 2.22. The summed E-state index contributed by atoms with van der Waals surface area (Å²) in [5, 5.41) is 0. The van der Waals surface area contributed by atoms with E-state index < -0.39 is 5.83 Å². The zero-order valence-corrected chi connectivity index (χ0v) is 12.1.